The van der Waals surface area contributed by atoms with Crippen LogP contribution in [0.25, 0.3) is 11.1 Å². The molecule has 1 heterocycles. The summed E-state index contributed by atoms with van der Waals surface area (Å²) < 4.78 is 6.56. The van der Waals surface area contributed by atoms with E-state index in [2.05, 4.69) is 177 Å². The van der Waals surface area contributed by atoms with Gasteiger partial charge in [-0.1, -0.05) is 121 Å². The zero-order valence-corrected chi connectivity index (χ0v) is 26.1. The van der Waals surface area contributed by atoms with Gasteiger partial charge in [0.1, 0.15) is 11.5 Å². The number of benzene rings is 5. The van der Waals surface area contributed by atoms with Crippen LogP contribution in [0.4, 0.5) is 11.4 Å². The van der Waals surface area contributed by atoms with Crippen molar-refractivity contribution in [2.24, 2.45) is 0 Å². The Balaban J connectivity index is 1.52. The molecule has 0 bridgehead atoms. The van der Waals surface area contributed by atoms with E-state index in [-0.39, 0.29) is 0 Å². The molecule has 1 atom stereocenters. The van der Waals surface area contributed by atoms with Gasteiger partial charge in [-0.15, -0.1) is 0 Å². The molecule has 2 nitrogen and oxygen atoms in total. The summed E-state index contributed by atoms with van der Waals surface area (Å²) in [6, 6.07) is 45.8. The quantitative estimate of drug-likeness (QED) is 0.177. The van der Waals surface area contributed by atoms with Crippen molar-refractivity contribution in [3.8, 4) is 16.9 Å². The highest BCUT2D eigenvalue weighted by Crippen LogP contribution is 2.57. The van der Waals surface area contributed by atoms with E-state index in [4.69, 9.17) is 4.74 Å². The molecule has 0 radical (unpaired) electrons. The van der Waals surface area contributed by atoms with E-state index < -0.39 is 5.41 Å². The van der Waals surface area contributed by atoms with E-state index in [1.807, 2.05) is 6.07 Å². The number of hydrogen-bond donors (Lipinski definition) is 0. The highest BCUT2D eigenvalue weighted by atomic mass is 16.5. The summed E-state index contributed by atoms with van der Waals surface area (Å²) in [6.07, 6.45) is 11.7. The second-order valence-corrected chi connectivity index (χ2v) is 11.5. The maximum Gasteiger partial charge on any atom is 0.133 e. The van der Waals surface area contributed by atoms with E-state index in [1.54, 1.807) is 0 Å². The molecule has 2 heteroatoms. The number of para-hydroxylation sites is 2. The molecule has 0 saturated heterocycles. The molecule has 7 rings (SSSR count). The molecule has 0 spiro atoms. The Labute approximate surface area is 267 Å². The lowest BCUT2D eigenvalue weighted by Crippen LogP contribution is -2.29. The molecule has 0 fully saturated rings. The van der Waals surface area contributed by atoms with E-state index in [0.29, 0.717) is 0 Å². The van der Waals surface area contributed by atoms with Crippen molar-refractivity contribution >= 4 is 11.4 Å². The fourth-order valence-corrected chi connectivity index (χ4v) is 7.19. The lowest BCUT2D eigenvalue weighted by Gasteiger charge is -2.36. The van der Waals surface area contributed by atoms with Gasteiger partial charge in [0.05, 0.1) is 11.1 Å². The summed E-state index contributed by atoms with van der Waals surface area (Å²) in [5, 5.41) is 0. The summed E-state index contributed by atoms with van der Waals surface area (Å²) in [6.45, 7) is 6.33. The van der Waals surface area contributed by atoms with Crippen molar-refractivity contribution in [1.29, 1.82) is 0 Å². The first-order valence-corrected chi connectivity index (χ1v) is 15.8. The van der Waals surface area contributed by atoms with Crippen molar-refractivity contribution in [3.05, 3.63) is 197 Å². The summed E-state index contributed by atoms with van der Waals surface area (Å²) in [5.41, 5.74) is 11.6. The molecule has 0 aromatic heterocycles. The minimum atomic E-state index is -0.471. The van der Waals surface area contributed by atoms with Gasteiger partial charge < -0.3 is 9.64 Å². The molecule has 0 amide bonds. The van der Waals surface area contributed by atoms with Crippen LogP contribution in [0.3, 0.4) is 0 Å². The zero-order valence-electron chi connectivity index (χ0n) is 26.1. The van der Waals surface area contributed by atoms with Gasteiger partial charge in [-0.2, -0.15) is 0 Å². The molecule has 2 aliphatic rings. The van der Waals surface area contributed by atoms with Crippen molar-refractivity contribution in [1.82, 2.24) is 0 Å². The Hall–Kier alpha value is -5.34. The van der Waals surface area contributed by atoms with E-state index >= 15 is 0 Å². The second-order valence-electron chi connectivity index (χ2n) is 11.5. The molecule has 1 unspecified atom stereocenters. The third kappa shape index (κ3) is 4.65. The standard InChI is InChI=1S/C43H37NO/c1-4-17-32(6-3)43(33-20-9-7-10-21-33)38-25-15-14-24-36(38)37-28-27-35(30-39(37)43)44(34-22-11-8-12-23-34)40(18-5-2)42-29-31-19-13-16-26-41(31)45-42/h4-28,30H,29H2,1-3H3/b17-4-,18-5-,32-6+,42-40-. The number of rotatable bonds is 7. The van der Waals surface area contributed by atoms with Gasteiger partial charge in [-0.05, 0) is 90.6 Å². The molecule has 0 N–H and O–H groups in total. The number of anilines is 2. The van der Waals surface area contributed by atoms with Crippen LogP contribution in [0.15, 0.2) is 175 Å². The predicted molar refractivity (Wildman–Crippen MR) is 188 cm³/mol. The van der Waals surface area contributed by atoms with E-state index in [0.717, 1.165) is 35.0 Å². The molecule has 0 saturated carbocycles. The van der Waals surface area contributed by atoms with Gasteiger partial charge >= 0.3 is 0 Å². The van der Waals surface area contributed by atoms with Crippen LogP contribution in [0, 0.1) is 0 Å². The molecule has 1 aliphatic heterocycles. The predicted octanol–water partition coefficient (Wildman–Crippen LogP) is 11.1. The lowest BCUT2D eigenvalue weighted by atomic mass is 9.67. The second kappa shape index (κ2) is 12.0. The molecular formula is C43H37NO. The highest BCUT2D eigenvalue weighted by molar-refractivity contribution is 5.89. The first-order valence-electron chi connectivity index (χ1n) is 15.8. The minimum Gasteiger partial charge on any atom is -0.459 e. The van der Waals surface area contributed by atoms with Crippen molar-refractivity contribution < 1.29 is 4.74 Å². The average molecular weight is 584 g/mol. The minimum absolute atomic E-state index is 0.471. The van der Waals surface area contributed by atoms with Crippen molar-refractivity contribution in [3.63, 3.8) is 0 Å². The average Bonchev–Trinajstić information content (AvgIpc) is 3.66. The Bertz CT molecular complexity index is 1950. The van der Waals surface area contributed by atoms with Gasteiger partial charge in [0.2, 0.25) is 0 Å². The Morgan fingerprint density at radius 3 is 2.04 bits per heavy atom. The highest BCUT2D eigenvalue weighted by Gasteiger charge is 2.46. The summed E-state index contributed by atoms with van der Waals surface area (Å²) in [5.74, 6) is 1.87. The summed E-state index contributed by atoms with van der Waals surface area (Å²) in [4.78, 5) is 2.35. The summed E-state index contributed by atoms with van der Waals surface area (Å²) >= 11 is 0. The first kappa shape index (κ1) is 28.4. The number of fused-ring (bicyclic) bond motifs is 4. The molecule has 220 valence electrons. The Morgan fingerprint density at radius 1 is 0.644 bits per heavy atom. The maximum absolute atomic E-state index is 6.56. The number of nitrogens with zero attached hydrogens (tertiary/aromatic N) is 1. The van der Waals surface area contributed by atoms with Crippen molar-refractivity contribution in [2.75, 3.05) is 4.90 Å². The topological polar surface area (TPSA) is 12.5 Å². The molecular weight excluding hydrogens is 546 g/mol. The Morgan fingerprint density at radius 2 is 1.31 bits per heavy atom. The zero-order chi connectivity index (χ0) is 30.8. The monoisotopic (exact) mass is 583 g/mol. The number of allylic oxidation sites excluding steroid dienone is 7. The normalized spacial score (nSPS) is 18.1. The van der Waals surface area contributed by atoms with Crippen LogP contribution >= 0.6 is 0 Å². The van der Waals surface area contributed by atoms with Crippen LogP contribution in [0.5, 0.6) is 5.75 Å². The lowest BCUT2D eigenvalue weighted by molar-refractivity contribution is 0.440. The molecule has 5 aromatic rings. The third-order valence-corrected chi connectivity index (χ3v) is 9.01. The van der Waals surface area contributed by atoms with Crippen LogP contribution in [0.2, 0.25) is 0 Å². The van der Waals surface area contributed by atoms with Gasteiger partial charge in [-0.3, -0.25) is 0 Å². The van der Waals surface area contributed by atoms with Crippen molar-refractivity contribution in [2.45, 2.75) is 32.6 Å². The molecule has 1 aliphatic carbocycles. The van der Waals surface area contributed by atoms with Gasteiger partial charge in [-0.25, -0.2) is 0 Å². The third-order valence-electron chi connectivity index (χ3n) is 9.01. The first-order chi connectivity index (χ1) is 22.2. The van der Waals surface area contributed by atoms with Crippen LogP contribution in [0.1, 0.15) is 43.0 Å². The van der Waals surface area contributed by atoms with Crippen LogP contribution in [-0.4, -0.2) is 0 Å². The van der Waals surface area contributed by atoms with E-state index in [9.17, 15) is 0 Å². The molecule has 5 aromatic carbocycles. The SMILES string of the molecule is C/C=C\C(=C1/Cc2ccccc2O1)N(c1ccccc1)c1ccc2c(c1)C(C(/C=C\C)=C/C)(c1ccccc1)c1ccccc1-2. The number of ether oxygens (including phenoxy) is 1. The Kier molecular flexibility index (Phi) is 7.57. The van der Waals surface area contributed by atoms with E-state index in [1.165, 1.54) is 39.0 Å². The molecule has 45 heavy (non-hydrogen) atoms. The largest absolute Gasteiger partial charge is 0.459 e. The maximum atomic E-state index is 6.56. The smallest absolute Gasteiger partial charge is 0.133 e. The fraction of sp³-hybridized carbons (Fsp3) is 0.116. The van der Waals surface area contributed by atoms with Gasteiger partial charge in [0, 0.05) is 23.4 Å². The van der Waals surface area contributed by atoms with Crippen LogP contribution < -0.4 is 9.64 Å². The number of hydrogen-bond acceptors (Lipinski definition) is 2. The summed E-state index contributed by atoms with van der Waals surface area (Å²) in [7, 11) is 0. The van der Waals surface area contributed by atoms with Gasteiger partial charge in [0.25, 0.3) is 0 Å². The fourth-order valence-electron chi connectivity index (χ4n) is 7.19. The van der Waals surface area contributed by atoms with Gasteiger partial charge in [0.15, 0.2) is 0 Å². The van der Waals surface area contributed by atoms with Crippen LogP contribution in [-0.2, 0) is 11.8 Å².